The van der Waals surface area contributed by atoms with Crippen molar-refractivity contribution in [3.05, 3.63) is 64.1 Å². The number of anilines is 1. The fourth-order valence-corrected chi connectivity index (χ4v) is 5.03. The van der Waals surface area contributed by atoms with Crippen LogP contribution >= 0.6 is 15.9 Å². The number of carbonyl (C=O) groups is 2. The second-order valence-corrected chi connectivity index (χ2v) is 11.1. The van der Waals surface area contributed by atoms with E-state index >= 15 is 0 Å². The van der Waals surface area contributed by atoms with E-state index in [9.17, 15) is 18.0 Å². The van der Waals surface area contributed by atoms with Crippen molar-refractivity contribution in [1.82, 2.24) is 10.2 Å². The van der Waals surface area contributed by atoms with E-state index in [0.717, 1.165) is 21.7 Å². The Hall–Kier alpha value is -2.39. The van der Waals surface area contributed by atoms with E-state index in [0.29, 0.717) is 16.6 Å². The molecule has 0 saturated heterocycles. The first-order valence-electron chi connectivity index (χ1n) is 10.8. The van der Waals surface area contributed by atoms with Crippen molar-refractivity contribution in [3.8, 4) is 0 Å². The number of carbonyl (C=O) groups excluding carboxylic acids is 2. The molecular formula is C24H32BrN3O4S. The van der Waals surface area contributed by atoms with Crippen molar-refractivity contribution >= 4 is 43.5 Å². The first-order valence-corrected chi connectivity index (χ1v) is 13.5. The summed E-state index contributed by atoms with van der Waals surface area (Å²) in [6, 6.07) is 13.7. The van der Waals surface area contributed by atoms with Crippen LogP contribution in [-0.2, 0) is 26.2 Å². The summed E-state index contributed by atoms with van der Waals surface area (Å²) in [6.07, 6.45) is 1.46. The number of benzene rings is 2. The summed E-state index contributed by atoms with van der Waals surface area (Å²) in [4.78, 5) is 28.0. The van der Waals surface area contributed by atoms with Gasteiger partial charge in [-0.25, -0.2) is 8.42 Å². The molecule has 2 aromatic carbocycles. The molecule has 0 bridgehead atoms. The average molecular weight is 539 g/mol. The molecule has 0 radical (unpaired) electrons. The van der Waals surface area contributed by atoms with E-state index in [1.807, 2.05) is 52.0 Å². The second kappa shape index (κ2) is 11.7. The highest BCUT2D eigenvalue weighted by molar-refractivity contribution is 9.10. The van der Waals surface area contributed by atoms with Gasteiger partial charge in [0.25, 0.3) is 0 Å². The molecule has 0 saturated carbocycles. The summed E-state index contributed by atoms with van der Waals surface area (Å²) >= 11 is 3.38. The van der Waals surface area contributed by atoms with Crippen LogP contribution in [0.5, 0.6) is 0 Å². The van der Waals surface area contributed by atoms with Crippen LogP contribution in [0.15, 0.2) is 53.0 Å². The third-order valence-corrected chi connectivity index (χ3v) is 6.85. The molecular weight excluding hydrogens is 506 g/mol. The highest BCUT2D eigenvalue weighted by Gasteiger charge is 2.32. The van der Waals surface area contributed by atoms with Gasteiger partial charge in [-0.1, -0.05) is 48.9 Å². The van der Waals surface area contributed by atoms with Crippen molar-refractivity contribution in [2.75, 3.05) is 17.1 Å². The van der Waals surface area contributed by atoms with Crippen LogP contribution in [0.2, 0.25) is 0 Å². The molecule has 2 amide bonds. The average Bonchev–Trinajstić information content (AvgIpc) is 2.71. The van der Waals surface area contributed by atoms with Crippen LogP contribution in [0.1, 0.15) is 38.3 Å². The fourth-order valence-electron chi connectivity index (χ4n) is 3.56. The van der Waals surface area contributed by atoms with Gasteiger partial charge in [-0.15, -0.1) is 0 Å². The normalized spacial score (nSPS) is 12.3. The zero-order chi connectivity index (χ0) is 24.8. The van der Waals surface area contributed by atoms with Gasteiger partial charge < -0.3 is 10.2 Å². The topological polar surface area (TPSA) is 86.8 Å². The predicted molar refractivity (Wildman–Crippen MR) is 135 cm³/mol. The molecule has 33 heavy (non-hydrogen) atoms. The van der Waals surface area contributed by atoms with Crippen molar-refractivity contribution < 1.29 is 18.0 Å². The summed E-state index contributed by atoms with van der Waals surface area (Å²) in [5, 5.41) is 2.88. The minimum absolute atomic E-state index is 0.0877. The van der Waals surface area contributed by atoms with E-state index in [1.165, 1.54) is 4.90 Å². The first-order chi connectivity index (χ1) is 15.4. The van der Waals surface area contributed by atoms with Gasteiger partial charge >= 0.3 is 0 Å². The molecule has 1 N–H and O–H groups in total. The Labute approximate surface area is 205 Å². The van der Waals surface area contributed by atoms with Crippen LogP contribution in [-0.4, -0.2) is 50.0 Å². The minimum atomic E-state index is -3.77. The smallest absolute Gasteiger partial charge is 0.244 e. The van der Waals surface area contributed by atoms with Crippen LogP contribution in [0.3, 0.4) is 0 Å². The Morgan fingerprint density at radius 3 is 2.30 bits per heavy atom. The molecule has 0 fully saturated rings. The molecule has 2 rings (SSSR count). The van der Waals surface area contributed by atoms with E-state index in [2.05, 4.69) is 21.2 Å². The lowest BCUT2D eigenvalue weighted by Crippen LogP contribution is -2.53. The Kier molecular flexibility index (Phi) is 9.48. The highest BCUT2D eigenvalue weighted by Crippen LogP contribution is 2.28. The number of halogens is 1. The molecule has 2 aromatic rings. The first kappa shape index (κ1) is 26.9. The molecule has 0 spiro atoms. The maximum absolute atomic E-state index is 13.6. The van der Waals surface area contributed by atoms with Gasteiger partial charge in [0.2, 0.25) is 21.8 Å². The van der Waals surface area contributed by atoms with Crippen molar-refractivity contribution in [2.45, 2.75) is 52.7 Å². The monoisotopic (exact) mass is 537 g/mol. The largest absolute Gasteiger partial charge is 0.352 e. The quantitative estimate of drug-likeness (QED) is 0.498. The van der Waals surface area contributed by atoms with E-state index in [4.69, 9.17) is 0 Å². The van der Waals surface area contributed by atoms with Gasteiger partial charge in [-0.2, -0.15) is 0 Å². The molecule has 0 aliphatic rings. The number of sulfonamides is 1. The maximum Gasteiger partial charge on any atom is 0.244 e. The summed E-state index contributed by atoms with van der Waals surface area (Å²) in [5.41, 5.74) is 2.26. The van der Waals surface area contributed by atoms with E-state index < -0.39 is 28.5 Å². The summed E-state index contributed by atoms with van der Waals surface area (Å²) in [6.45, 7) is 7.28. The van der Waals surface area contributed by atoms with Crippen LogP contribution in [0.25, 0.3) is 0 Å². The van der Waals surface area contributed by atoms with Gasteiger partial charge in [0.1, 0.15) is 12.6 Å². The summed E-state index contributed by atoms with van der Waals surface area (Å²) in [5.74, 6) is -0.719. The van der Waals surface area contributed by atoms with E-state index in [-0.39, 0.29) is 18.5 Å². The number of aryl methyl sites for hydroxylation is 1. The Morgan fingerprint density at radius 2 is 1.76 bits per heavy atom. The van der Waals surface area contributed by atoms with Gasteiger partial charge in [0.05, 0.1) is 11.9 Å². The van der Waals surface area contributed by atoms with Gasteiger partial charge in [0, 0.05) is 17.1 Å². The molecule has 0 heterocycles. The number of rotatable bonds is 10. The Bertz CT molecular complexity index is 1090. The van der Waals surface area contributed by atoms with Gasteiger partial charge in [-0.05, 0) is 60.8 Å². The summed E-state index contributed by atoms with van der Waals surface area (Å²) in [7, 11) is -3.77. The fraction of sp³-hybridized carbons (Fsp3) is 0.417. The zero-order valence-corrected chi connectivity index (χ0v) is 22.1. The number of nitrogens with zero attached hydrogens (tertiary/aromatic N) is 2. The maximum atomic E-state index is 13.6. The van der Waals surface area contributed by atoms with Gasteiger partial charge in [-0.3, -0.25) is 13.9 Å². The number of hydrogen-bond acceptors (Lipinski definition) is 4. The third-order valence-electron chi connectivity index (χ3n) is 5.05. The number of nitrogens with one attached hydrogen (secondary N) is 1. The van der Waals surface area contributed by atoms with E-state index in [1.54, 1.807) is 24.3 Å². The summed E-state index contributed by atoms with van der Waals surface area (Å²) < 4.78 is 26.9. The molecule has 0 unspecified atom stereocenters. The lowest BCUT2D eigenvalue weighted by Gasteiger charge is -2.33. The lowest BCUT2D eigenvalue weighted by molar-refractivity contribution is -0.140. The third kappa shape index (κ3) is 7.57. The number of amides is 2. The van der Waals surface area contributed by atoms with Crippen molar-refractivity contribution in [1.29, 1.82) is 0 Å². The Morgan fingerprint density at radius 1 is 1.09 bits per heavy atom. The lowest BCUT2D eigenvalue weighted by atomic mass is 10.1. The molecule has 0 aliphatic carbocycles. The Balaban J connectivity index is 2.46. The standard InChI is InChI=1S/C24H32BrN3O4S/c1-6-21(24(30)26-17(2)3)27(15-19-11-9-10-18(4)14-19)23(29)16-28(33(5,31)32)22-13-8-7-12-20(22)25/h7-14,17,21H,6,15-16H2,1-5H3,(H,26,30)/t21-/m0/s1. The SMILES string of the molecule is CC[C@@H](C(=O)NC(C)C)N(Cc1cccc(C)c1)C(=O)CN(c1ccccc1Br)S(C)(=O)=O. The molecule has 1 atom stereocenters. The number of para-hydroxylation sites is 1. The highest BCUT2D eigenvalue weighted by atomic mass is 79.9. The van der Waals surface area contributed by atoms with Crippen molar-refractivity contribution in [3.63, 3.8) is 0 Å². The molecule has 7 nitrogen and oxygen atoms in total. The van der Waals surface area contributed by atoms with Gasteiger partial charge in [0.15, 0.2) is 0 Å². The number of hydrogen-bond donors (Lipinski definition) is 1. The molecule has 0 aromatic heterocycles. The predicted octanol–water partition coefficient (Wildman–Crippen LogP) is 3.86. The second-order valence-electron chi connectivity index (χ2n) is 8.32. The van der Waals surface area contributed by atoms with Crippen molar-refractivity contribution in [2.24, 2.45) is 0 Å². The van der Waals surface area contributed by atoms with Crippen LogP contribution in [0, 0.1) is 6.92 Å². The van der Waals surface area contributed by atoms with Crippen LogP contribution in [0.4, 0.5) is 5.69 Å². The molecule has 0 aliphatic heterocycles. The zero-order valence-electron chi connectivity index (χ0n) is 19.7. The van der Waals surface area contributed by atoms with Crippen LogP contribution < -0.4 is 9.62 Å². The molecule has 180 valence electrons. The molecule has 9 heteroatoms. The minimum Gasteiger partial charge on any atom is -0.352 e.